The number of hydrogen-bond acceptors (Lipinski definition) is 3. The Labute approximate surface area is 168 Å². The molecule has 4 aliphatic rings. The maximum Gasteiger partial charge on any atom is 0.217 e. The van der Waals surface area contributed by atoms with E-state index in [1.807, 2.05) is 12.2 Å². The average Bonchev–Trinajstić information content (AvgIpc) is 2.92. The predicted molar refractivity (Wildman–Crippen MR) is 108 cm³/mol. The standard InChI is InChI=1S/C23H34N2O3/c1-13(26)24-19-12-15-11-16(28)7-9-22(15,3)18-8-10-23(4)17(21(18)19)5-6-20(23)25-14(2)27/h7,9,11,15,17-21,28H,5-6,8,10,12H2,1-4H3,(H,24,26)(H,25,27)/t15?,17-,18-,19-,20-,21-,22-,23-/m0/s1. The van der Waals surface area contributed by atoms with E-state index in [4.69, 9.17) is 0 Å². The maximum absolute atomic E-state index is 12.0. The Kier molecular flexibility index (Phi) is 4.63. The second-order valence-corrected chi connectivity index (χ2v) is 10.1. The first kappa shape index (κ1) is 19.5. The number of rotatable bonds is 2. The summed E-state index contributed by atoms with van der Waals surface area (Å²) in [5, 5.41) is 16.6. The summed E-state index contributed by atoms with van der Waals surface area (Å²) in [6.45, 7) is 7.90. The van der Waals surface area contributed by atoms with Gasteiger partial charge in [0.1, 0.15) is 5.76 Å². The van der Waals surface area contributed by atoms with Gasteiger partial charge in [-0.25, -0.2) is 0 Å². The van der Waals surface area contributed by atoms with Gasteiger partial charge in [0.25, 0.3) is 0 Å². The van der Waals surface area contributed by atoms with Crippen LogP contribution in [0.25, 0.3) is 0 Å². The summed E-state index contributed by atoms with van der Waals surface area (Å²) in [5.41, 5.74) is 0.0996. The van der Waals surface area contributed by atoms with E-state index < -0.39 is 0 Å². The van der Waals surface area contributed by atoms with Gasteiger partial charge in [-0.1, -0.05) is 19.9 Å². The average molecular weight is 387 g/mol. The number of aliphatic hydroxyl groups is 1. The summed E-state index contributed by atoms with van der Waals surface area (Å²) < 4.78 is 0. The molecule has 5 heteroatoms. The lowest BCUT2D eigenvalue weighted by Crippen LogP contribution is -2.61. The molecule has 3 saturated carbocycles. The monoisotopic (exact) mass is 386 g/mol. The molecule has 8 atom stereocenters. The Morgan fingerprint density at radius 3 is 2.46 bits per heavy atom. The van der Waals surface area contributed by atoms with Gasteiger partial charge in [-0.15, -0.1) is 0 Å². The lowest BCUT2D eigenvalue weighted by atomic mass is 9.45. The highest BCUT2D eigenvalue weighted by atomic mass is 16.3. The molecule has 0 radical (unpaired) electrons. The SMILES string of the molecule is CC(=O)N[C@H]1CC2C=C(O)C=C[C@]2(C)[C@H]2CC[C@]3(C)[C@@H](NC(C)=O)CC[C@H]3[C@H]12. The summed E-state index contributed by atoms with van der Waals surface area (Å²) >= 11 is 0. The molecule has 0 bridgehead atoms. The minimum Gasteiger partial charge on any atom is -0.508 e. The van der Waals surface area contributed by atoms with Crippen LogP contribution in [0, 0.1) is 34.5 Å². The van der Waals surface area contributed by atoms with Crippen LogP contribution in [0.1, 0.15) is 59.8 Å². The van der Waals surface area contributed by atoms with Crippen molar-refractivity contribution in [3.05, 3.63) is 24.0 Å². The molecule has 4 rings (SSSR count). The smallest absolute Gasteiger partial charge is 0.217 e. The highest BCUT2D eigenvalue weighted by molar-refractivity contribution is 5.73. The van der Waals surface area contributed by atoms with E-state index in [-0.39, 0.29) is 40.6 Å². The molecule has 0 spiro atoms. The fourth-order valence-corrected chi connectivity index (χ4v) is 7.36. The van der Waals surface area contributed by atoms with Crippen molar-refractivity contribution in [3.63, 3.8) is 0 Å². The van der Waals surface area contributed by atoms with Crippen LogP contribution >= 0.6 is 0 Å². The van der Waals surface area contributed by atoms with Crippen molar-refractivity contribution in [2.24, 2.45) is 34.5 Å². The van der Waals surface area contributed by atoms with E-state index in [0.29, 0.717) is 23.5 Å². The zero-order valence-corrected chi connectivity index (χ0v) is 17.5. The van der Waals surface area contributed by atoms with Gasteiger partial charge in [0.2, 0.25) is 11.8 Å². The molecule has 154 valence electrons. The Hall–Kier alpha value is -1.78. The fraction of sp³-hybridized carbons (Fsp3) is 0.739. The molecule has 4 aliphatic carbocycles. The third-order valence-electron chi connectivity index (χ3n) is 8.65. The summed E-state index contributed by atoms with van der Waals surface area (Å²) in [4.78, 5) is 23.8. The number of aliphatic hydroxyl groups excluding tert-OH is 1. The van der Waals surface area contributed by atoms with Crippen LogP contribution in [0.2, 0.25) is 0 Å². The van der Waals surface area contributed by atoms with Crippen molar-refractivity contribution >= 4 is 11.8 Å². The number of amides is 2. The molecule has 0 aromatic carbocycles. The zero-order chi connectivity index (χ0) is 20.3. The Balaban J connectivity index is 1.71. The number of carbonyl (C=O) groups is 2. The number of nitrogens with one attached hydrogen (secondary N) is 2. The highest BCUT2D eigenvalue weighted by Crippen LogP contribution is 2.64. The Morgan fingerprint density at radius 2 is 1.79 bits per heavy atom. The molecular weight excluding hydrogens is 352 g/mol. The van der Waals surface area contributed by atoms with Crippen molar-refractivity contribution < 1.29 is 14.7 Å². The van der Waals surface area contributed by atoms with Crippen LogP contribution in [0.4, 0.5) is 0 Å². The van der Waals surface area contributed by atoms with Crippen molar-refractivity contribution in [2.45, 2.75) is 71.9 Å². The normalized spacial score (nSPS) is 46.6. The molecule has 28 heavy (non-hydrogen) atoms. The van der Waals surface area contributed by atoms with Crippen molar-refractivity contribution in [3.8, 4) is 0 Å². The fourth-order valence-electron chi connectivity index (χ4n) is 7.36. The molecule has 1 unspecified atom stereocenters. The topological polar surface area (TPSA) is 78.4 Å². The van der Waals surface area contributed by atoms with Crippen molar-refractivity contribution in [1.82, 2.24) is 10.6 Å². The second kappa shape index (κ2) is 6.64. The van der Waals surface area contributed by atoms with Gasteiger partial charge in [0.05, 0.1) is 0 Å². The largest absolute Gasteiger partial charge is 0.508 e. The lowest BCUT2D eigenvalue weighted by Gasteiger charge is -2.60. The molecule has 0 heterocycles. The van der Waals surface area contributed by atoms with Crippen LogP contribution in [0.3, 0.4) is 0 Å². The third kappa shape index (κ3) is 2.89. The van der Waals surface area contributed by atoms with E-state index in [2.05, 4.69) is 30.6 Å². The van der Waals surface area contributed by atoms with Gasteiger partial charge in [0.15, 0.2) is 0 Å². The maximum atomic E-state index is 12.0. The first-order chi connectivity index (χ1) is 13.1. The number of fused-ring (bicyclic) bond motifs is 5. The quantitative estimate of drug-likeness (QED) is 0.680. The minimum absolute atomic E-state index is 0.0132. The molecule has 0 saturated heterocycles. The molecule has 0 aromatic rings. The highest BCUT2D eigenvalue weighted by Gasteiger charge is 2.62. The molecule has 0 aromatic heterocycles. The van der Waals surface area contributed by atoms with Gasteiger partial charge >= 0.3 is 0 Å². The lowest BCUT2D eigenvalue weighted by molar-refractivity contribution is -0.125. The van der Waals surface area contributed by atoms with E-state index in [1.165, 1.54) is 0 Å². The van der Waals surface area contributed by atoms with Gasteiger partial charge in [-0.3, -0.25) is 9.59 Å². The summed E-state index contributed by atoms with van der Waals surface area (Å²) in [6.07, 6.45) is 11.2. The molecule has 3 N–H and O–H groups in total. The second-order valence-electron chi connectivity index (χ2n) is 10.1. The predicted octanol–water partition coefficient (Wildman–Crippen LogP) is 3.48. The summed E-state index contributed by atoms with van der Waals surface area (Å²) in [6, 6.07) is 0.349. The van der Waals surface area contributed by atoms with E-state index in [1.54, 1.807) is 13.8 Å². The summed E-state index contributed by atoms with van der Waals surface area (Å²) in [5.74, 6) is 2.03. The molecular formula is C23H34N2O3. The molecule has 2 amide bonds. The summed E-state index contributed by atoms with van der Waals surface area (Å²) in [7, 11) is 0. The Morgan fingerprint density at radius 1 is 1.07 bits per heavy atom. The van der Waals surface area contributed by atoms with Gasteiger partial charge in [-0.2, -0.15) is 0 Å². The van der Waals surface area contributed by atoms with Crippen LogP contribution in [-0.2, 0) is 9.59 Å². The van der Waals surface area contributed by atoms with Gasteiger partial charge in [0, 0.05) is 25.9 Å². The van der Waals surface area contributed by atoms with Crippen molar-refractivity contribution in [2.75, 3.05) is 0 Å². The van der Waals surface area contributed by atoms with Gasteiger partial charge in [-0.05, 0) is 78.8 Å². The molecule has 3 fully saturated rings. The van der Waals surface area contributed by atoms with Gasteiger partial charge < -0.3 is 15.7 Å². The van der Waals surface area contributed by atoms with E-state index in [0.717, 1.165) is 32.1 Å². The Bertz CT molecular complexity index is 744. The van der Waals surface area contributed by atoms with Crippen LogP contribution in [0.5, 0.6) is 0 Å². The molecule has 5 nitrogen and oxygen atoms in total. The number of allylic oxidation sites excluding steroid dienone is 3. The number of hydrogen-bond donors (Lipinski definition) is 3. The zero-order valence-electron chi connectivity index (χ0n) is 17.5. The first-order valence-electron chi connectivity index (χ1n) is 10.8. The van der Waals surface area contributed by atoms with Crippen molar-refractivity contribution in [1.29, 1.82) is 0 Å². The molecule has 0 aliphatic heterocycles. The first-order valence-corrected chi connectivity index (χ1v) is 10.8. The van der Waals surface area contributed by atoms with E-state index in [9.17, 15) is 14.7 Å². The number of carbonyl (C=O) groups excluding carboxylic acids is 2. The van der Waals surface area contributed by atoms with E-state index >= 15 is 0 Å². The van der Waals surface area contributed by atoms with Crippen LogP contribution < -0.4 is 10.6 Å². The third-order valence-corrected chi connectivity index (χ3v) is 8.65. The van der Waals surface area contributed by atoms with Crippen LogP contribution in [-0.4, -0.2) is 29.0 Å². The minimum atomic E-state index is 0.0132. The van der Waals surface area contributed by atoms with Crippen LogP contribution in [0.15, 0.2) is 24.0 Å².